The number of methoxy groups -OCH3 is 1. The summed E-state index contributed by atoms with van der Waals surface area (Å²) in [6, 6.07) is 3.39. The van der Waals surface area contributed by atoms with Gasteiger partial charge in [-0.2, -0.15) is 0 Å². The molecule has 84 valence electrons. The van der Waals surface area contributed by atoms with E-state index < -0.39 is 0 Å². The van der Waals surface area contributed by atoms with E-state index in [1.807, 2.05) is 0 Å². The number of aromatic nitrogens is 1. The van der Waals surface area contributed by atoms with Gasteiger partial charge in [0.05, 0.1) is 0 Å². The van der Waals surface area contributed by atoms with Crippen LogP contribution >= 0.6 is 11.6 Å². The molecular formula is C10H16ClN3O. The molecule has 0 atom stereocenters. The zero-order chi connectivity index (χ0) is 11.1. The van der Waals surface area contributed by atoms with E-state index in [0.717, 1.165) is 31.8 Å². The third-order valence-corrected chi connectivity index (χ3v) is 2.09. The van der Waals surface area contributed by atoms with E-state index in [0.29, 0.717) is 10.8 Å². The molecule has 0 unspecified atom stereocenters. The van der Waals surface area contributed by atoms with Gasteiger partial charge in [-0.25, -0.2) is 4.98 Å². The van der Waals surface area contributed by atoms with Crippen molar-refractivity contribution in [2.45, 2.75) is 12.8 Å². The predicted octanol–water partition coefficient (Wildman–Crippen LogP) is 2.16. The quantitative estimate of drug-likeness (QED) is 0.580. The highest BCUT2D eigenvalue weighted by atomic mass is 35.5. The van der Waals surface area contributed by atoms with E-state index in [2.05, 4.69) is 10.3 Å². The van der Waals surface area contributed by atoms with Crippen molar-refractivity contribution >= 4 is 23.1 Å². The fraction of sp³-hybridized carbons (Fsp3) is 0.500. The van der Waals surface area contributed by atoms with Gasteiger partial charge >= 0.3 is 0 Å². The fourth-order valence-corrected chi connectivity index (χ4v) is 1.41. The number of rotatable bonds is 6. The summed E-state index contributed by atoms with van der Waals surface area (Å²) in [5, 5.41) is 3.57. The number of ether oxygens (including phenoxy) is 1. The molecule has 5 heteroatoms. The number of hydrogen-bond donors (Lipinski definition) is 2. The molecule has 0 aliphatic heterocycles. The Morgan fingerprint density at radius 1 is 1.47 bits per heavy atom. The SMILES string of the molecule is COCCCCNc1cc(N)cc(Cl)n1. The normalized spacial score (nSPS) is 10.3. The number of nitrogens with two attached hydrogens (primary N) is 1. The molecule has 4 nitrogen and oxygen atoms in total. The summed E-state index contributed by atoms with van der Waals surface area (Å²) >= 11 is 5.76. The Kier molecular flexibility index (Phi) is 5.21. The Bertz CT molecular complexity index is 286. The highest BCUT2D eigenvalue weighted by Gasteiger charge is 1.97. The molecule has 0 aliphatic carbocycles. The van der Waals surface area contributed by atoms with Crippen molar-refractivity contribution < 1.29 is 4.74 Å². The van der Waals surface area contributed by atoms with E-state index in [-0.39, 0.29) is 0 Å². The van der Waals surface area contributed by atoms with E-state index in [9.17, 15) is 0 Å². The maximum atomic E-state index is 5.76. The molecule has 0 saturated carbocycles. The molecule has 0 saturated heterocycles. The van der Waals surface area contributed by atoms with Crippen LogP contribution in [0.25, 0.3) is 0 Å². The first-order valence-corrected chi connectivity index (χ1v) is 5.26. The second-order valence-electron chi connectivity index (χ2n) is 3.24. The van der Waals surface area contributed by atoms with Gasteiger partial charge in [0, 0.05) is 32.0 Å². The Hall–Kier alpha value is -1.00. The summed E-state index contributed by atoms with van der Waals surface area (Å²) < 4.78 is 4.95. The standard InChI is InChI=1S/C10H16ClN3O/c1-15-5-3-2-4-13-10-7-8(12)6-9(11)14-10/h6-7H,2-5H2,1H3,(H3,12,13,14). The Labute approximate surface area is 94.8 Å². The third kappa shape index (κ3) is 4.85. The van der Waals surface area contributed by atoms with E-state index in [1.54, 1.807) is 19.2 Å². The van der Waals surface area contributed by atoms with Gasteiger partial charge in [0.2, 0.25) is 0 Å². The Morgan fingerprint density at radius 2 is 2.27 bits per heavy atom. The molecule has 1 heterocycles. The van der Waals surface area contributed by atoms with Gasteiger partial charge in [-0.15, -0.1) is 0 Å². The minimum absolute atomic E-state index is 0.411. The molecule has 15 heavy (non-hydrogen) atoms. The van der Waals surface area contributed by atoms with Crippen molar-refractivity contribution in [3.63, 3.8) is 0 Å². The molecule has 1 rings (SSSR count). The van der Waals surface area contributed by atoms with Crippen molar-refractivity contribution in [1.29, 1.82) is 0 Å². The average molecular weight is 230 g/mol. The zero-order valence-corrected chi connectivity index (χ0v) is 9.55. The Balaban J connectivity index is 2.31. The first-order valence-electron chi connectivity index (χ1n) is 4.88. The molecule has 3 N–H and O–H groups in total. The number of nitrogen functional groups attached to an aromatic ring is 1. The first-order chi connectivity index (χ1) is 7.22. The zero-order valence-electron chi connectivity index (χ0n) is 8.79. The predicted molar refractivity (Wildman–Crippen MR) is 63.3 cm³/mol. The maximum absolute atomic E-state index is 5.76. The number of pyridine rings is 1. The lowest BCUT2D eigenvalue weighted by atomic mass is 10.3. The average Bonchev–Trinajstić information content (AvgIpc) is 2.16. The van der Waals surface area contributed by atoms with Crippen molar-refractivity contribution in [2.24, 2.45) is 0 Å². The lowest BCUT2D eigenvalue weighted by molar-refractivity contribution is 0.194. The number of nitrogens with one attached hydrogen (secondary N) is 1. The fourth-order valence-electron chi connectivity index (χ4n) is 1.20. The van der Waals surface area contributed by atoms with Crippen LogP contribution < -0.4 is 11.1 Å². The summed E-state index contributed by atoms with van der Waals surface area (Å²) in [5.74, 6) is 0.720. The van der Waals surface area contributed by atoms with E-state index in [1.165, 1.54) is 0 Å². The van der Waals surface area contributed by atoms with Crippen LogP contribution in [0.2, 0.25) is 5.15 Å². The number of halogens is 1. The molecule has 1 aromatic heterocycles. The molecular weight excluding hydrogens is 214 g/mol. The summed E-state index contributed by atoms with van der Waals surface area (Å²) in [5.41, 5.74) is 6.25. The molecule has 1 aromatic rings. The molecule has 0 spiro atoms. The first kappa shape index (κ1) is 12.1. The monoisotopic (exact) mass is 229 g/mol. The van der Waals surface area contributed by atoms with Gasteiger partial charge in [0.25, 0.3) is 0 Å². The number of nitrogens with zero attached hydrogens (tertiary/aromatic N) is 1. The van der Waals surface area contributed by atoms with E-state index in [4.69, 9.17) is 22.1 Å². The van der Waals surface area contributed by atoms with Crippen molar-refractivity contribution in [2.75, 3.05) is 31.3 Å². The molecule has 0 radical (unpaired) electrons. The highest BCUT2D eigenvalue weighted by Crippen LogP contribution is 2.15. The second kappa shape index (κ2) is 6.48. The summed E-state index contributed by atoms with van der Waals surface area (Å²) in [6.45, 7) is 1.63. The molecule has 0 bridgehead atoms. The van der Waals surface area contributed by atoms with Crippen LogP contribution in [0, 0.1) is 0 Å². The lowest BCUT2D eigenvalue weighted by Gasteiger charge is -2.06. The highest BCUT2D eigenvalue weighted by molar-refractivity contribution is 6.29. The van der Waals surface area contributed by atoms with Gasteiger partial charge < -0.3 is 15.8 Å². The van der Waals surface area contributed by atoms with Crippen molar-refractivity contribution in [1.82, 2.24) is 4.98 Å². The lowest BCUT2D eigenvalue weighted by Crippen LogP contribution is -2.05. The topological polar surface area (TPSA) is 60.2 Å². The maximum Gasteiger partial charge on any atom is 0.133 e. The van der Waals surface area contributed by atoms with Crippen LogP contribution in [0.4, 0.5) is 11.5 Å². The molecule has 0 aromatic carbocycles. The minimum atomic E-state index is 0.411. The van der Waals surface area contributed by atoms with Crippen LogP contribution in [0.1, 0.15) is 12.8 Å². The molecule has 0 aliphatic rings. The van der Waals surface area contributed by atoms with Crippen LogP contribution in [0.5, 0.6) is 0 Å². The second-order valence-corrected chi connectivity index (χ2v) is 3.62. The number of anilines is 2. The Morgan fingerprint density at radius 3 is 2.93 bits per heavy atom. The van der Waals surface area contributed by atoms with Crippen LogP contribution in [-0.4, -0.2) is 25.2 Å². The van der Waals surface area contributed by atoms with Gasteiger partial charge in [0.15, 0.2) is 0 Å². The van der Waals surface area contributed by atoms with Crippen molar-refractivity contribution in [3.05, 3.63) is 17.3 Å². The third-order valence-electron chi connectivity index (χ3n) is 1.90. The minimum Gasteiger partial charge on any atom is -0.399 e. The van der Waals surface area contributed by atoms with E-state index >= 15 is 0 Å². The largest absolute Gasteiger partial charge is 0.399 e. The summed E-state index contributed by atoms with van der Waals surface area (Å²) in [4.78, 5) is 4.09. The van der Waals surface area contributed by atoms with Crippen molar-refractivity contribution in [3.8, 4) is 0 Å². The smallest absolute Gasteiger partial charge is 0.133 e. The van der Waals surface area contributed by atoms with Gasteiger partial charge in [-0.05, 0) is 18.9 Å². The summed E-state index contributed by atoms with van der Waals surface area (Å²) in [7, 11) is 1.70. The van der Waals surface area contributed by atoms with Crippen LogP contribution in [0.15, 0.2) is 12.1 Å². The van der Waals surface area contributed by atoms with Crippen LogP contribution in [-0.2, 0) is 4.74 Å². The molecule has 0 fully saturated rings. The molecule has 0 amide bonds. The number of unbranched alkanes of at least 4 members (excludes halogenated alkanes) is 1. The van der Waals surface area contributed by atoms with Gasteiger partial charge in [0.1, 0.15) is 11.0 Å². The van der Waals surface area contributed by atoms with Crippen LogP contribution in [0.3, 0.4) is 0 Å². The van der Waals surface area contributed by atoms with Gasteiger partial charge in [-0.1, -0.05) is 11.6 Å². The van der Waals surface area contributed by atoms with Gasteiger partial charge in [-0.3, -0.25) is 0 Å². The number of hydrogen-bond acceptors (Lipinski definition) is 4. The summed E-state index contributed by atoms with van der Waals surface area (Å²) in [6.07, 6.45) is 2.06.